The maximum atomic E-state index is 5.27. The summed E-state index contributed by atoms with van der Waals surface area (Å²) in [4.78, 5) is 8.49. The van der Waals surface area contributed by atoms with E-state index in [4.69, 9.17) is 5.84 Å². The second-order valence-corrected chi connectivity index (χ2v) is 4.53. The third-order valence-electron chi connectivity index (χ3n) is 1.32. The quantitative estimate of drug-likeness (QED) is 0.334. The van der Waals surface area contributed by atoms with E-state index in [-0.39, 0.29) is 0 Å². The molecule has 0 aromatic carbocycles. The Kier molecular flexibility index (Phi) is 3.50. The van der Waals surface area contributed by atoms with Crippen LogP contribution in [-0.2, 0) is 0 Å². The van der Waals surface area contributed by atoms with Crippen LogP contribution in [0, 0.1) is 6.92 Å². The van der Waals surface area contributed by atoms with Crippen LogP contribution < -0.4 is 11.3 Å². The van der Waals surface area contributed by atoms with Gasteiger partial charge in [-0.1, -0.05) is 25.6 Å². The van der Waals surface area contributed by atoms with Crippen molar-refractivity contribution >= 4 is 17.6 Å². The smallest absolute Gasteiger partial charge is 0.190 e. The average molecular weight is 198 g/mol. The summed E-state index contributed by atoms with van der Waals surface area (Å²) < 4.78 is 0. The van der Waals surface area contributed by atoms with E-state index in [9.17, 15) is 0 Å². The van der Waals surface area contributed by atoms with E-state index in [0.29, 0.717) is 11.1 Å². The van der Waals surface area contributed by atoms with Crippen molar-refractivity contribution in [1.82, 2.24) is 9.97 Å². The Morgan fingerprint density at radius 2 is 2.15 bits per heavy atom. The van der Waals surface area contributed by atoms with Crippen molar-refractivity contribution in [2.75, 3.05) is 5.43 Å². The van der Waals surface area contributed by atoms with Crippen LogP contribution in [0.1, 0.15) is 19.5 Å². The third kappa shape index (κ3) is 3.20. The third-order valence-corrected chi connectivity index (χ3v) is 2.19. The lowest BCUT2D eigenvalue weighted by atomic mass is 10.4. The van der Waals surface area contributed by atoms with Crippen LogP contribution >= 0.6 is 11.8 Å². The van der Waals surface area contributed by atoms with Crippen LogP contribution in [0.4, 0.5) is 5.82 Å². The highest BCUT2D eigenvalue weighted by molar-refractivity contribution is 7.99. The van der Waals surface area contributed by atoms with Crippen LogP contribution in [0.3, 0.4) is 0 Å². The maximum Gasteiger partial charge on any atom is 0.190 e. The lowest BCUT2D eigenvalue weighted by Crippen LogP contribution is -2.10. The maximum absolute atomic E-state index is 5.27. The number of aryl methyl sites for hydroxylation is 1. The molecule has 0 aliphatic carbocycles. The van der Waals surface area contributed by atoms with Crippen LogP contribution in [0.15, 0.2) is 11.2 Å². The molecule has 5 heteroatoms. The molecular formula is C8H14N4S. The molecular weight excluding hydrogens is 184 g/mol. The number of nitrogens with two attached hydrogens (primary N) is 1. The normalized spacial score (nSPS) is 10.5. The van der Waals surface area contributed by atoms with Gasteiger partial charge >= 0.3 is 0 Å². The largest absolute Gasteiger partial charge is 0.308 e. The number of rotatable bonds is 3. The van der Waals surface area contributed by atoms with E-state index in [1.54, 1.807) is 11.8 Å². The van der Waals surface area contributed by atoms with Gasteiger partial charge in [0.05, 0.1) is 0 Å². The molecule has 0 bridgehead atoms. The Labute approximate surface area is 82.3 Å². The van der Waals surface area contributed by atoms with Crippen LogP contribution in [0.5, 0.6) is 0 Å². The molecule has 0 radical (unpaired) electrons. The highest BCUT2D eigenvalue weighted by Crippen LogP contribution is 2.20. The monoisotopic (exact) mass is 198 g/mol. The molecule has 0 saturated heterocycles. The Morgan fingerprint density at radius 1 is 1.46 bits per heavy atom. The molecule has 0 atom stereocenters. The van der Waals surface area contributed by atoms with Crippen molar-refractivity contribution < 1.29 is 0 Å². The first-order valence-electron chi connectivity index (χ1n) is 4.10. The predicted octanol–water partition coefficient (Wildman–Crippen LogP) is 1.57. The van der Waals surface area contributed by atoms with Crippen molar-refractivity contribution in [3.8, 4) is 0 Å². The van der Waals surface area contributed by atoms with Crippen molar-refractivity contribution in [3.05, 3.63) is 11.8 Å². The molecule has 0 saturated carbocycles. The second kappa shape index (κ2) is 4.43. The molecule has 13 heavy (non-hydrogen) atoms. The minimum absolute atomic E-state index is 0.479. The van der Waals surface area contributed by atoms with Gasteiger partial charge in [-0.15, -0.1) is 0 Å². The van der Waals surface area contributed by atoms with E-state index in [1.165, 1.54) is 0 Å². The van der Waals surface area contributed by atoms with E-state index in [1.807, 2.05) is 13.0 Å². The van der Waals surface area contributed by atoms with Gasteiger partial charge in [0, 0.05) is 17.0 Å². The Bertz CT molecular complexity index is 287. The number of nitrogens with zero attached hydrogens (tertiary/aromatic N) is 2. The van der Waals surface area contributed by atoms with Crippen LogP contribution in [-0.4, -0.2) is 15.2 Å². The standard InChI is InChI=1S/C8H14N4S/c1-5(2)13-8-10-6(3)4-7(11-8)12-9/h4-5H,9H2,1-3H3,(H,10,11,12). The number of thioether (sulfide) groups is 1. The van der Waals surface area contributed by atoms with Gasteiger partial charge in [0.1, 0.15) is 5.82 Å². The van der Waals surface area contributed by atoms with Crippen molar-refractivity contribution in [3.63, 3.8) is 0 Å². The van der Waals surface area contributed by atoms with Crippen molar-refractivity contribution in [2.45, 2.75) is 31.2 Å². The first-order valence-corrected chi connectivity index (χ1v) is 4.98. The number of hydrogen-bond acceptors (Lipinski definition) is 5. The molecule has 1 aromatic heterocycles. The molecule has 0 spiro atoms. The summed E-state index contributed by atoms with van der Waals surface area (Å²) in [6.45, 7) is 6.13. The van der Waals surface area contributed by atoms with Gasteiger partial charge < -0.3 is 5.43 Å². The first-order chi connectivity index (χ1) is 6.11. The Morgan fingerprint density at radius 3 is 2.69 bits per heavy atom. The fourth-order valence-electron chi connectivity index (χ4n) is 0.879. The van der Waals surface area contributed by atoms with E-state index in [2.05, 4.69) is 29.2 Å². The summed E-state index contributed by atoms with van der Waals surface area (Å²) in [5.41, 5.74) is 3.44. The number of aromatic nitrogens is 2. The topological polar surface area (TPSA) is 63.8 Å². The summed E-state index contributed by atoms with van der Waals surface area (Å²) in [5, 5.41) is 1.25. The van der Waals surface area contributed by atoms with Crippen LogP contribution in [0.25, 0.3) is 0 Å². The molecule has 1 rings (SSSR count). The summed E-state index contributed by atoms with van der Waals surface area (Å²) in [7, 11) is 0. The number of hydrazine groups is 1. The van der Waals surface area contributed by atoms with Gasteiger partial charge in [0.15, 0.2) is 5.16 Å². The molecule has 3 N–H and O–H groups in total. The van der Waals surface area contributed by atoms with Gasteiger partial charge in [-0.25, -0.2) is 15.8 Å². The van der Waals surface area contributed by atoms with Crippen molar-refractivity contribution in [2.24, 2.45) is 5.84 Å². The highest BCUT2D eigenvalue weighted by Gasteiger charge is 2.03. The van der Waals surface area contributed by atoms with Gasteiger partial charge in [-0.3, -0.25) is 0 Å². The van der Waals surface area contributed by atoms with Crippen molar-refractivity contribution in [1.29, 1.82) is 0 Å². The minimum Gasteiger partial charge on any atom is -0.308 e. The minimum atomic E-state index is 0.479. The van der Waals surface area contributed by atoms with Gasteiger partial charge in [-0.05, 0) is 6.92 Å². The molecule has 0 aliphatic rings. The Balaban J connectivity index is 2.88. The molecule has 1 heterocycles. The first kappa shape index (κ1) is 10.3. The Hall–Kier alpha value is -0.810. The number of nitrogens with one attached hydrogen (secondary N) is 1. The van der Waals surface area contributed by atoms with E-state index >= 15 is 0 Å². The van der Waals surface area contributed by atoms with E-state index < -0.39 is 0 Å². The zero-order valence-corrected chi connectivity index (χ0v) is 8.85. The van der Waals surface area contributed by atoms with Gasteiger partial charge in [0.2, 0.25) is 0 Å². The zero-order chi connectivity index (χ0) is 9.84. The SMILES string of the molecule is Cc1cc(NN)nc(SC(C)C)n1. The average Bonchev–Trinajstić information content (AvgIpc) is 2.01. The summed E-state index contributed by atoms with van der Waals surface area (Å²) >= 11 is 1.62. The fraction of sp³-hybridized carbons (Fsp3) is 0.500. The van der Waals surface area contributed by atoms with E-state index in [0.717, 1.165) is 10.9 Å². The summed E-state index contributed by atoms with van der Waals surface area (Å²) in [5.74, 6) is 5.93. The lowest BCUT2D eigenvalue weighted by molar-refractivity contribution is 0.921. The van der Waals surface area contributed by atoms with Gasteiger partial charge in [-0.2, -0.15) is 0 Å². The fourth-order valence-corrected chi connectivity index (χ4v) is 1.65. The molecule has 0 aliphatic heterocycles. The number of hydrogen-bond donors (Lipinski definition) is 2. The number of nitrogen functional groups attached to an aromatic ring is 1. The molecule has 0 amide bonds. The molecule has 0 fully saturated rings. The predicted molar refractivity (Wildman–Crippen MR) is 55.6 cm³/mol. The number of anilines is 1. The highest BCUT2D eigenvalue weighted by atomic mass is 32.2. The molecule has 1 aromatic rings. The molecule has 0 unspecified atom stereocenters. The summed E-state index contributed by atoms with van der Waals surface area (Å²) in [6.07, 6.45) is 0. The lowest BCUT2D eigenvalue weighted by Gasteiger charge is -2.06. The zero-order valence-electron chi connectivity index (χ0n) is 8.03. The second-order valence-electron chi connectivity index (χ2n) is 2.99. The molecule has 4 nitrogen and oxygen atoms in total. The molecule has 72 valence electrons. The summed E-state index contributed by atoms with van der Waals surface area (Å²) in [6, 6.07) is 1.81. The van der Waals surface area contributed by atoms with Crippen LogP contribution in [0.2, 0.25) is 0 Å². The van der Waals surface area contributed by atoms with Gasteiger partial charge in [0.25, 0.3) is 0 Å².